The van der Waals surface area contributed by atoms with E-state index in [1.54, 1.807) is 30.3 Å². The van der Waals surface area contributed by atoms with E-state index in [9.17, 15) is 13.2 Å². The Kier molecular flexibility index (Phi) is 3.92. The van der Waals surface area contributed by atoms with Crippen LogP contribution in [-0.4, -0.2) is 27.7 Å². The molecule has 29 heavy (non-hydrogen) atoms. The smallest absolute Gasteiger partial charge is 0.265 e. The number of carbonyl (C=O) groups excluding carboxylic acids is 1. The van der Waals surface area contributed by atoms with E-state index in [0.717, 1.165) is 10.9 Å². The lowest BCUT2D eigenvalue weighted by molar-refractivity contribution is -0.120. The van der Waals surface area contributed by atoms with Crippen LogP contribution in [0.25, 0.3) is 10.8 Å². The van der Waals surface area contributed by atoms with Gasteiger partial charge in [0, 0.05) is 5.39 Å². The molecule has 148 valence electrons. The predicted molar refractivity (Wildman–Crippen MR) is 108 cm³/mol. The summed E-state index contributed by atoms with van der Waals surface area (Å²) >= 11 is 0. The first-order valence-corrected chi connectivity index (χ1v) is 10.6. The van der Waals surface area contributed by atoms with E-state index in [1.165, 1.54) is 4.31 Å². The second kappa shape index (κ2) is 6.38. The van der Waals surface area contributed by atoms with Gasteiger partial charge in [-0.1, -0.05) is 30.3 Å². The lowest BCUT2D eigenvalue weighted by Crippen LogP contribution is -2.39. The summed E-state index contributed by atoms with van der Waals surface area (Å²) in [6.45, 7) is 1.73. The third-order valence-electron chi connectivity index (χ3n) is 5.24. The molecule has 0 fully saturated rings. The summed E-state index contributed by atoms with van der Waals surface area (Å²) in [7, 11) is -3.77. The van der Waals surface area contributed by atoms with Crippen molar-refractivity contribution in [1.29, 1.82) is 0 Å². The number of amides is 1. The van der Waals surface area contributed by atoms with Gasteiger partial charge in [-0.25, -0.2) is 8.42 Å². The molecule has 0 radical (unpaired) electrons. The summed E-state index contributed by atoms with van der Waals surface area (Å²) in [6.07, 6.45) is 0. The van der Waals surface area contributed by atoms with Gasteiger partial charge in [0.1, 0.15) is 6.54 Å². The number of nitrogens with one attached hydrogen (secondary N) is 1. The van der Waals surface area contributed by atoms with Crippen molar-refractivity contribution < 1.29 is 22.7 Å². The third-order valence-corrected chi connectivity index (χ3v) is 7.04. The minimum Gasteiger partial charge on any atom is -0.454 e. The Hall–Kier alpha value is -3.26. The molecule has 1 atom stereocenters. The summed E-state index contributed by atoms with van der Waals surface area (Å²) in [6, 6.07) is 15.7. The van der Waals surface area contributed by atoms with Crippen LogP contribution < -0.4 is 19.1 Å². The maximum atomic E-state index is 13.0. The number of nitrogens with zero attached hydrogens (tertiary/aromatic N) is 1. The molecule has 1 N–H and O–H groups in total. The van der Waals surface area contributed by atoms with E-state index in [0.29, 0.717) is 22.6 Å². The topological polar surface area (TPSA) is 84.9 Å². The Morgan fingerprint density at radius 2 is 1.86 bits per heavy atom. The van der Waals surface area contributed by atoms with Crippen molar-refractivity contribution in [2.24, 2.45) is 0 Å². The fourth-order valence-electron chi connectivity index (χ4n) is 3.81. The highest BCUT2D eigenvalue weighted by Crippen LogP contribution is 2.41. The highest BCUT2D eigenvalue weighted by atomic mass is 32.2. The Bertz CT molecular complexity index is 1250. The van der Waals surface area contributed by atoms with Gasteiger partial charge in [0.05, 0.1) is 16.6 Å². The fourth-order valence-corrected chi connectivity index (χ4v) is 5.48. The molecule has 0 saturated heterocycles. The van der Waals surface area contributed by atoms with E-state index in [4.69, 9.17) is 9.47 Å². The molecule has 0 saturated carbocycles. The summed E-state index contributed by atoms with van der Waals surface area (Å²) in [5.74, 6) is 0.915. The van der Waals surface area contributed by atoms with Gasteiger partial charge < -0.3 is 14.8 Å². The van der Waals surface area contributed by atoms with Crippen LogP contribution in [0.4, 0.5) is 5.69 Å². The lowest BCUT2D eigenvalue weighted by atomic mass is 10.1. The Morgan fingerprint density at radius 1 is 1.10 bits per heavy atom. The second-order valence-corrected chi connectivity index (χ2v) is 8.88. The SMILES string of the molecule is C[C@H](NC(=O)CN1c2cccc3cccc(c23)S1(=O)=O)c1ccc2c(c1)OCO2. The molecular weight excluding hydrogens is 392 g/mol. The Labute approximate surface area is 167 Å². The standard InChI is InChI=1S/C21H18N2O5S/c1-13(15-8-9-17-18(10-15)28-12-27-17)22-20(24)11-23-16-6-2-4-14-5-3-7-19(21(14)16)29(23,25)26/h2-10,13H,11-12H2,1H3,(H,22,24)/t13-/m0/s1. The fraction of sp³-hybridized carbons (Fsp3) is 0.190. The van der Waals surface area contributed by atoms with Crippen LogP contribution in [0, 0.1) is 0 Å². The molecule has 5 rings (SSSR count). The number of hydrogen-bond donors (Lipinski definition) is 1. The average molecular weight is 410 g/mol. The quantitative estimate of drug-likeness (QED) is 0.715. The minimum absolute atomic E-state index is 0.179. The van der Waals surface area contributed by atoms with Gasteiger partial charge in [0.15, 0.2) is 11.5 Å². The molecular formula is C21H18N2O5S. The van der Waals surface area contributed by atoms with Crippen molar-refractivity contribution in [3.05, 3.63) is 60.2 Å². The molecule has 0 aliphatic carbocycles. The van der Waals surface area contributed by atoms with E-state index in [1.807, 2.05) is 31.2 Å². The number of fused-ring (bicyclic) bond motifs is 1. The van der Waals surface area contributed by atoms with Crippen molar-refractivity contribution in [3.8, 4) is 11.5 Å². The minimum atomic E-state index is -3.77. The first kappa shape index (κ1) is 17.8. The van der Waals surface area contributed by atoms with Gasteiger partial charge in [-0.3, -0.25) is 9.10 Å². The van der Waals surface area contributed by atoms with Gasteiger partial charge in [0.25, 0.3) is 10.0 Å². The number of ether oxygens (including phenoxy) is 2. The first-order valence-electron chi connectivity index (χ1n) is 9.18. The number of anilines is 1. The van der Waals surface area contributed by atoms with Crippen LogP contribution in [0.1, 0.15) is 18.5 Å². The van der Waals surface area contributed by atoms with E-state index >= 15 is 0 Å². The molecule has 1 amide bonds. The zero-order valence-corrected chi connectivity index (χ0v) is 16.4. The van der Waals surface area contributed by atoms with Crippen LogP contribution in [0.15, 0.2) is 59.5 Å². The van der Waals surface area contributed by atoms with Gasteiger partial charge in [-0.2, -0.15) is 0 Å². The Morgan fingerprint density at radius 3 is 2.69 bits per heavy atom. The molecule has 2 aliphatic rings. The van der Waals surface area contributed by atoms with E-state index in [2.05, 4.69) is 5.32 Å². The Balaban J connectivity index is 1.38. The number of sulfonamides is 1. The van der Waals surface area contributed by atoms with Gasteiger partial charge in [0.2, 0.25) is 12.7 Å². The number of hydrogen-bond acceptors (Lipinski definition) is 5. The largest absolute Gasteiger partial charge is 0.454 e. The van der Waals surface area contributed by atoms with E-state index in [-0.39, 0.29) is 30.2 Å². The molecule has 3 aromatic rings. The molecule has 0 spiro atoms. The number of rotatable bonds is 4. The average Bonchev–Trinajstić information content (AvgIpc) is 3.26. The van der Waals surface area contributed by atoms with Crippen molar-refractivity contribution in [2.75, 3.05) is 17.6 Å². The molecule has 8 heteroatoms. The van der Waals surface area contributed by atoms with Crippen molar-refractivity contribution in [2.45, 2.75) is 17.9 Å². The van der Waals surface area contributed by atoms with E-state index < -0.39 is 10.0 Å². The summed E-state index contributed by atoms with van der Waals surface area (Å²) in [5, 5.41) is 4.36. The van der Waals surface area contributed by atoms with Crippen molar-refractivity contribution in [1.82, 2.24) is 5.32 Å². The molecule has 2 heterocycles. The van der Waals surface area contributed by atoms with Gasteiger partial charge in [-0.05, 0) is 42.1 Å². The number of benzene rings is 3. The molecule has 0 aromatic heterocycles. The summed E-state index contributed by atoms with van der Waals surface area (Å²) in [5.41, 5.74) is 1.38. The lowest BCUT2D eigenvalue weighted by Gasteiger charge is -2.20. The summed E-state index contributed by atoms with van der Waals surface area (Å²) < 4.78 is 37.8. The highest BCUT2D eigenvalue weighted by molar-refractivity contribution is 7.93. The monoisotopic (exact) mass is 410 g/mol. The highest BCUT2D eigenvalue weighted by Gasteiger charge is 2.36. The zero-order valence-electron chi connectivity index (χ0n) is 15.6. The van der Waals surface area contributed by atoms with Gasteiger partial charge in [-0.15, -0.1) is 0 Å². The zero-order chi connectivity index (χ0) is 20.2. The van der Waals surface area contributed by atoms with Crippen LogP contribution in [0.3, 0.4) is 0 Å². The van der Waals surface area contributed by atoms with Crippen molar-refractivity contribution >= 4 is 32.4 Å². The molecule has 7 nitrogen and oxygen atoms in total. The van der Waals surface area contributed by atoms with Crippen LogP contribution in [0.2, 0.25) is 0 Å². The molecule has 0 bridgehead atoms. The maximum absolute atomic E-state index is 13.0. The summed E-state index contributed by atoms with van der Waals surface area (Å²) in [4.78, 5) is 12.9. The molecule has 2 aliphatic heterocycles. The van der Waals surface area contributed by atoms with Crippen LogP contribution >= 0.6 is 0 Å². The molecule has 3 aromatic carbocycles. The van der Waals surface area contributed by atoms with Crippen LogP contribution in [0.5, 0.6) is 11.5 Å². The third kappa shape index (κ3) is 2.79. The van der Waals surface area contributed by atoms with Crippen LogP contribution in [-0.2, 0) is 14.8 Å². The molecule has 0 unspecified atom stereocenters. The van der Waals surface area contributed by atoms with Gasteiger partial charge >= 0.3 is 0 Å². The number of carbonyl (C=O) groups is 1. The second-order valence-electron chi connectivity index (χ2n) is 7.04. The maximum Gasteiger partial charge on any atom is 0.265 e. The first-order chi connectivity index (χ1) is 13.9. The normalized spacial score (nSPS) is 16.8. The predicted octanol–water partition coefficient (Wildman–Crippen LogP) is 2.95. The van der Waals surface area contributed by atoms with Crippen molar-refractivity contribution in [3.63, 3.8) is 0 Å².